The minimum atomic E-state index is -4.00. The Hall–Kier alpha value is -2.42. The first kappa shape index (κ1) is 18.4. The van der Waals surface area contributed by atoms with E-state index in [-0.39, 0.29) is 16.2 Å². The molecule has 3 rings (SSSR count). The van der Waals surface area contributed by atoms with Gasteiger partial charge in [-0.3, -0.25) is 4.79 Å². The van der Waals surface area contributed by atoms with Crippen LogP contribution in [0.1, 0.15) is 46.9 Å². The number of aliphatic hydroxyl groups excluding tert-OH is 1. The molecule has 0 spiro atoms. The topological polar surface area (TPSA) is 130 Å². The van der Waals surface area contributed by atoms with Crippen molar-refractivity contribution in [2.45, 2.75) is 36.7 Å². The van der Waals surface area contributed by atoms with Crippen molar-refractivity contribution in [1.82, 2.24) is 0 Å². The number of nitrogens with one attached hydrogen (secondary N) is 1. The molecular formula is C18H20N2O5S. The lowest BCUT2D eigenvalue weighted by Crippen LogP contribution is -2.16. The van der Waals surface area contributed by atoms with Crippen LogP contribution in [0.3, 0.4) is 0 Å². The first-order valence-electron chi connectivity index (χ1n) is 8.24. The number of aliphatic hydroxyl groups is 1. The molecule has 1 aliphatic rings. The largest absolute Gasteiger partial charge is 0.507 e. The van der Waals surface area contributed by atoms with E-state index >= 15 is 0 Å². The molecule has 1 unspecified atom stereocenters. The minimum absolute atomic E-state index is 0.202. The normalized spacial score (nSPS) is 17.2. The zero-order valence-electron chi connectivity index (χ0n) is 14.0. The number of anilines is 1. The second-order valence-electron chi connectivity index (χ2n) is 6.35. The van der Waals surface area contributed by atoms with Crippen LogP contribution in [-0.2, 0) is 16.4 Å². The monoisotopic (exact) mass is 376 g/mol. The number of phenols is 1. The van der Waals surface area contributed by atoms with Gasteiger partial charge in [0.2, 0.25) is 10.0 Å². The van der Waals surface area contributed by atoms with Crippen molar-refractivity contribution >= 4 is 21.6 Å². The quantitative estimate of drug-likeness (QED) is 0.609. The maximum Gasteiger partial charge on any atom is 0.259 e. The molecule has 0 saturated carbocycles. The Morgan fingerprint density at radius 2 is 1.92 bits per heavy atom. The predicted octanol–water partition coefficient (Wildman–Crippen LogP) is 2.05. The second-order valence-corrected chi connectivity index (χ2v) is 7.91. The summed E-state index contributed by atoms with van der Waals surface area (Å²) in [5.41, 5.74) is 2.08. The van der Waals surface area contributed by atoms with E-state index in [1.54, 1.807) is 12.1 Å². The van der Waals surface area contributed by atoms with E-state index in [4.69, 9.17) is 5.14 Å². The van der Waals surface area contributed by atoms with E-state index < -0.39 is 22.0 Å². The summed E-state index contributed by atoms with van der Waals surface area (Å²) in [6.45, 7) is 0. The van der Waals surface area contributed by atoms with Gasteiger partial charge < -0.3 is 15.5 Å². The van der Waals surface area contributed by atoms with Crippen LogP contribution in [0.2, 0.25) is 0 Å². The molecule has 8 heteroatoms. The molecule has 1 atom stereocenters. The minimum Gasteiger partial charge on any atom is -0.507 e. The van der Waals surface area contributed by atoms with Gasteiger partial charge >= 0.3 is 0 Å². The molecule has 138 valence electrons. The Kier molecular flexibility index (Phi) is 4.99. The number of carbonyl (C=O) groups is 1. The van der Waals surface area contributed by atoms with Crippen molar-refractivity contribution in [3.05, 3.63) is 53.1 Å². The van der Waals surface area contributed by atoms with Gasteiger partial charge in [0.25, 0.3) is 5.91 Å². The highest BCUT2D eigenvalue weighted by molar-refractivity contribution is 7.89. The van der Waals surface area contributed by atoms with Crippen LogP contribution in [0.15, 0.2) is 41.3 Å². The molecule has 26 heavy (non-hydrogen) atoms. The summed E-state index contributed by atoms with van der Waals surface area (Å²) in [6, 6.07) is 8.55. The Morgan fingerprint density at radius 3 is 2.65 bits per heavy atom. The van der Waals surface area contributed by atoms with Crippen LogP contribution in [-0.4, -0.2) is 24.5 Å². The number of amides is 1. The van der Waals surface area contributed by atoms with Crippen molar-refractivity contribution in [2.24, 2.45) is 5.14 Å². The highest BCUT2D eigenvalue weighted by Crippen LogP contribution is 2.31. The number of benzene rings is 2. The molecule has 2 aromatic carbocycles. The highest BCUT2D eigenvalue weighted by atomic mass is 32.2. The number of primary sulfonamides is 1. The van der Waals surface area contributed by atoms with E-state index in [0.717, 1.165) is 48.6 Å². The molecule has 2 aromatic rings. The van der Waals surface area contributed by atoms with Gasteiger partial charge in [-0.25, -0.2) is 13.6 Å². The maximum atomic E-state index is 12.5. The number of nitrogens with two attached hydrogens (primary N) is 1. The van der Waals surface area contributed by atoms with Crippen molar-refractivity contribution < 1.29 is 23.4 Å². The Morgan fingerprint density at radius 1 is 1.15 bits per heavy atom. The summed E-state index contributed by atoms with van der Waals surface area (Å²) in [7, 11) is -4.00. The zero-order valence-corrected chi connectivity index (χ0v) is 14.8. The van der Waals surface area contributed by atoms with E-state index in [9.17, 15) is 23.4 Å². The fourth-order valence-electron chi connectivity index (χ4n) is 3.09. The molecule has 0 saturated heterocycles. The fraction of sp³-hybridized carbons (Fsp3) is 0.278. The van der Waals surface area contributed by atoms with E-state index in [2.05, 4.69) is 5.32 Å². The number of aromatic hydroxyl groups is 1. The number of fused-ring (bicyclic) bond motifs is 1. The average Bonchev–Trinajstić information content (AvgIpc) is 2.76. The van der Waals surface area contributed by atoms with E-state index in [0.29, 0.717) is 12.1 Å². The van der Waals surface area contributed by atoms with Crippen LogP contribution in [0.4, 0.5) is 5.69 Å². The second kappa shape index (κ2) is 7.06. The lowest BCUT2D eigenvalue weighted by Gasteiger charge is -2.14. The Labute approximate surface area is 151 Å². The molecule has 7 nitrogen and oxygen atoms in total. The zero-order chi connectivity index (χ0) is 18.9. The molecular weight excluding hydrogens is 356 g/mol. The van der Waals surface area contributed by atoms with Crippen molar-refractivity contribution in [3.8, 4) is 5.75 Å². The van der Waals surface area contributed by atoms with Gasteiger partial charge in [0.1, 0.15) is 5.75 Å². The summed E-state index contributed by atoms with van der Waals surface area (Å²) < 4.78 is 22.9. The highest BCUT2D eigenvalue weighted by Gasteiger charge is 2.19. The summed E-state index contributed by atoms with van der Waals surface area (Å²) in [5, 5.41) is 27.8. The number of carbonyl (C=O) groups excluding carboxylic acids is 1. The number of rotatable bonds is 3. The molecule has 5 N–H and O–H groups in total. The van der Waals surface area contributed by atoms with Gasteiger partial charge in [0.15, 0.2) is 0 Å². The number of phenolic OH excluding ortho intramolecular Hbond substituents is 1. The van der Waals surface area contributed by atoms with Crippen molar-refractivity contribution in [1.29, 1.82) is 0 Å². The fourth-order valence-corrected chi connectivity index (χ4v) is 3.63. The molecule has 0 bridgehead atoms. The third-order valence-corrected chi connectivity index (χ3v) is 5.39. The Balaban J connectivity index is 1.89. The van der Waals surface area contributed by atoms with Gasteiger partial charge in [0, 0.05) is 5.69 Å². The number of aryl methyl sites for hydroxylation is 1. The molecule has 0 radical (unpaired) electrons. The number of sulfonamides is 1. The average molecular weight is 376 g/mol. The lowest BCUT2D eigenvalue weighted by atomic mass is 10.00. The van der Waals surface area contributed by atoms with Gasteiger partial charge in [-0.1, -0.05) is 12.5 Å². The summed E-state index contributed by atoms with van der Waals surface area (Å²) in [4.78, 5) is 12.2. The third kappa shape index (κ3) is 3.87. The molecule has 0 fully saturated rings. The van der Waals surface area contributed by atoms with Gasteiger partial charge in [-0.15, -0.1) is 0 Å². The first-order chi connectivity index (χ1) is 12.3. The molecule has 0 aromatic heterocycles. The standard InChI is InChI=1S/C18H20N2O5S/c19-26(24,25)13-7-8-17(22)15(10-13)18(23)20-12-6-5-11-3-1-2-4-16(21)14(11)9-12/h5-10,16,21-22H,1-4H2,(H,20,23)(H2,19,24,25). The molecule has 0 heterocycles. The lowest BCUT2D eigenvalue weighted by molar-refractivity contribution is 0.102. The van der Waals surface area contributed by atoms with Crippen LogP contribution >= 0.6 is 0 Å². The third-order valence-electron chi connectivity index (χ3n) is 4.48. The van der Waals surface area contributed by atoms with E-state index in [1.807, 2.05) is 6.07 Å². The van der Waals surface area contributed by atoms with Gasteiger partial charge in [-0.2, -0.15) is 0 Å². The Bertz CT molecular complexity index is 956. The molecule has 1 aliphatic carbocycles. The SMILES string of the molecule is NS(=O)(=O)c1ccc(O)c(C(=O)Nc2ccc3c(c2)C(O)CCCC3)c1. The van der Waals surface area contributed by atoms with Gasteiger partial charge in [0.05, 0.1) is 16.6 Å². The van der Waals surface area contributed by atoms with E-state index in [1.165, 1.54) is 0 Å². The van der Waals surface area contributed by atoms with Crippen LogP contribution in [0.25, 0.3) is 0 Å². The van der Waals surface area contributed by atoms with Crippen LogP contribution in [0.5, 0.6) is 5.75 Å². The van der Waals surface area contributed by atoms with Crippen molar-refractivity contribution in [3.63, 3.8) is 0 Å². The molecule has 1 amide bonds. The predicted molar refractivity (Wildman–Crippen MR) is 96.4 cm³/mol. The summed E-state index contributed by atoms with van der Waals surface area (Å²) >= 11 is 0. The summed E-state index contributed by atoms with van der Waals surface area (Å²) in [6.07, 6.45) is 2.90. The van der Waals surface area contributed by atoms with Crippen molar-refractivity contribution in [2.75, 3.05) is 5.32 Å². The van der Waals surface area contributed by atoms with Crippen LogP contribution in [0, 0.1) is 0 Å². The molecule has 0 aliphatic heterocycles. The first-order valence-corrected chi connectivity index (χ1v) is 9.78. The number of hydrogen-bond acceptors (Lipinski definition) is 5. The maximum absolute atomic E-state index is 12.5. The van der Waals surface area contributed by atoms with Crippen LogP contribution < -0.4 is 10.5 Å². The summed E-state index contributed by atoms with van der Waals surface area (Å²) in [5.74, 6) is -1.03. The number of hydrogen-bond donors (Lipinski definition) is 4. The van der Waals surface area contributed by atoms with Gasteiger partial charge in [-0.05, 0) is 60.7 Å². The smallest absolute Gasteiger partial charge is 0.259 e.